The molecular formula is C32H48O4S2Zr. The Morgan fingerprint density at radius 3 is 1.41 bits per heavy atom. The molecule has 4 atom stereocenters. The van der Waals surface area contributed by atoms with E-state index in [0.29, 0.717) is 37.2 Å². The third kappa shape index (κ3) is 7.18. The molecule has 0 saturated heterocycles. The number of aromatic hydroxyl groups is 2. The molecule has 0 spiro atoms. The first-order chi connectivity index (χ1) is 18.3. The van der Waals surface area contributed by atoms with Crippen LogP contribution in [0.5, 0.6) is 23.0 Å². The zero-order valence-corrected chi connectivity index (χ0v) is 29.2. The fraction of sp³-hybridized carbons (Fsp3) is 0.625. The van der Waals surface area contributed by atoms with Crippen LogP contribution >= 0.6 is 14.2 Å². The molecule has 1 fully saturated rings. The van der Waals surface area contributed by atoms with Gasteiger partial charge < -0.3 is 0 Å². The average Bonchev–Trinajstić information content (AvgIpc) is 3.14. The monoisotopic (exact) mass is 650 g/mol. The predicted octanol–water partition coefficient (Wildman–Crippen LogP) is 8.97. The fourth-order valence-corrected chi connectivity index (χ4v) is 34.5. The summed E-state index contributed by atoms with van der Waals surface area (Å²) in [7, 11) is 4.01. The molecule has 39 heavy (non-hydrogen) atoms. The van der Waals surface area contributed by atoms with Crippen molar-refractivity contribution in [3.63, 3.8) is 0 Å². The first kappa shape index (κ1) is 31.2. The molecular weight excluding hydrogens is 604 g/mol. The molecule has 1 aliphatic carbocycles. The molecule has 1 heterocycles. The molecule has 216 valence electrons. The van der Waals surface area contributed by atoms with E-state index in [4.69, 9.17) is 9.47 Å². The van der Waals surface area contributed by atoms with Crippen LogP contribution in [0.15, 0.2) is 24.3 Å². The molecule has 0 aromatic heterocycles. The number of fused-ring (bicyclic) bond motifs is 1. The minimum absolute atomic E-state index is 0.00375. The fourth-order valence-electron chi connectivity index (χ4n) is 5.66. The van der Waals surface area contributed by atoms with Crippen molar-refractivity contribution in [3.8, 4) is 23.0 Å². The Bertz CT molecular complexity index is 1190. The van der Waals surface area contributed by atoms with Gasteiger partial charge in [0.05, 0.1) is 0 Å². The first-order valence-corrected chi connectivity index (χ1v) is 23.2. The van der Waals surface area contributed by atoms with E-state index in [-0.39, 0.29) is 10.8 Å². The van der Waals surface area contributed by atoms with Crippen molar-refractivity contribution in [1.29, 1.82) is 0 Å². The number of hydrogen-bond acceptors (Lipinski definition) is 4. The zero-order chi connectivity index (χ0) is 28.5. The van der Waals surface area contributed by atoms with Crippen LogP contribution in [0.4, 0.5) is 0 Å². The van der Waals surface area contributed by atoms with Crippen molar-refractivity contribution in [2.75, 3.05) is 14.2 Å². The number of methoxy groups -OCH3 is 2. The van der Waals surface area contributed by atoms with E-state index >= 15 is 0 Å². The van der Waals surface area contributed by atoms with Gasteiger partial charge in [0.1, 0.15) is 0 Å². The molecule has 4 nitrogen and oxygen atoms in total. The van der Waals surface area contributed by atoms with Crippen molar-refractivity contribution in [2.45, 2.75) is 113 Å². The molecule has 2 aliphatic rings. The van der Waals surface area contributed by atoms with Gasteiger partial charge in [-0.3, -0.25) is 0 Å². The second-order valence-electron chi connectivity index (χ2n) is 13.2. The van der Waals surface area contributed by atoms with Crippen LogP contribution < -0.4 is 9.47 Å². The molecule has 0 amide bonds. The number of hydrogen-bond donors (Lipinski definition) is 2. The quantitative estimate of drug-likeness (QED) is 0.327. The summed E-state index contributed by atoms with van der Waals surface area (Å²) in [5, 5.41) is 23.9. The first-order valence-electron chi connectivity index (χ1n) is 14.3. The second kappa shape index (κ2) is 12.6. The van der Waals surface area contributed by atoms with Gasteiger partial charge in [-0.15, -0.1) is 0 Å². The number of phenols is 2. The van der Waals surface area contributed by atoms with Crippen LogP contribution in [0.3, 0.4) is 0 Å². The summed E-state index contributed by atoms with van der Waals surface area (Å²) in [5.74, 6) is 3.86. The summed E-state index contributed by atoms with van der Waals surface area (Å²) >= 11 is -0.796. The van der Waals surface area contributed by atoms with Gasteiger partial charge in [0.15, 0.2) is 0 Å². The minimum atomic E-state index is -0.796. The van der Waals surface area contributed by atoms with Gasteiger partial charge >= 0.3 is 250 Å². The molecule has 2 N–H and O–H groups in total. The molecule has 2 aromatic carbocycles. The summed E-state index contributed by atoms with van der Waals surface area (Å²) in [5.41, 5.74) is 4.60. The van der Waals surface area contributed by atoms with Gasteiger partial charge in [0.2, 0.25) is 0 Å². The Morgan fingerprint density at radius 2 is 1.08 bits per heavy atom. The number of benzene rings is 2. The Balaban J connectivity index is 1.79. The van der Waals surface area contributed by atoms with Gasteiger partial charge in [0.25, 0.3) is 0 Å². The van der Waals surface area contributed by atoms with Crippen molar-refractivity contribution in [1.82, 2.24) is 0 Å². The van der Waals surface area contributed by atoms with Crippen LogP contribution in [0.25, 0.3) is 0 Å². The molecule has 4 rings (SSSR count). The summed E-state index contributed by atoms with van der Waals surface area (Å²) < 4.78 is 11.3. The second-order valence-corrected chi connectivity index (χ2v) is 28.8. The van der Waals surface area contributed by atoms with Gasteiger partial charge in [-0.2, -0.15) is 0 Å². The van der Waals surface area contributed by atoms with Crippen LogP contribution in [0.1, 0.15) is 102 Å². The van der Waals surface area contributed by atoms with Gasteiger partial charge in [0, 0.05) is 0 Å². The molecule has 3 unspecified atom stereocenters. The van der Waals surface area contributed by atoms with E-state index in [1.165, 1.54) is 49.7 Å². The molecule has 0 bridgehead atoms. The van der Waals surface area contributed by atoms with Crippen LogP contribution in [-0.4, -0.2) is 34.9 Å². The topological polar surface area (TPSA) is 58.9 Å². The van der Waals surface area contributed by atoms with Crippen molar-refractivity contribution in [2.24, 2.45) is 0 Å². The van der Waals surface area contributed by atoms with Crippen LogP contribution in [0, 0.1) is 0 Å². The molecule has 7 heteroatoms. The molecule has 1 aliphatic heterocycles. The average molecular weight is 652 g/mol. The van der Waals surface area contributed by atoms with Gasteiger partial charge in [-0.1, -0.05) is 0 Å². The third-order valence-corrected chi connectivity index (χ3v) is 30.0. The molecule has 2 aromatic rings. The van der Waals surface area contributed by atoms with E-state index in [9.17, 15) is 10.2 Å². The maximum absolute atomic E-state index is 11.2. The molecule has 0 radical (unpaired) electrons. The van der Waals surface area contributed by atoms with Crippen molar-refractivity contribution < 1.29 is 38.8 Å². The van der Waals surface area contributed by atoms with E-state index < -0.39 is 19.2 Å². The van der Waals surface area contributed by atoms with Crippen molar-refractivity contribution >= 4 is 14.2 Å². The Kier molecular flexibility index (Phi) is 10.1. The zero-order valence-electron chi connectivity index (χ0n) is 25.1. The number of rotatable bonds is 6. The van der Waals surface area contributed by atoms with E-state index in [1.54, 1.807) is 14.2 Å². The maximum atomic E-state index is 11.2. The SMILES string of the molecule is COc1cc(C(C)(C)C)cc(C[S]2=[Zr]=[S](Cc3cc(C(C)(C)C)cc(OC)c3O)[C@H]3CCCCCCC32)c1O. The normalized spacial score (nSPS) is 23.7. The van der Waals surface area contributed by atoms with E-state index in [2.05, 4.69) is 53.7 Å². The Hall–Kier alpha value is -0.777. The van der Waals surface area contributed by atoms with E-state index in [0.717, 1.165) is 33.1 Å². The number of phenolic OH excluding ortho intramolecular Hbond substituents is 2. The summed E-state index contributed by atoms with van der Waals surface area (Å²) in [6, 6.07) is 8.53. The summed E-state index contributed by atoms with van der Waals surface area (Å²) in [6.07, 6.45) is 8.01. The molecule has 1 saturated carbocycles. The predicted molar refractivity (Wildman–Crippen MR) is 165 cm³/mol. The van der Waals surface area contributed by atoms with Crippen LogP contribution in [0.2, 0.25) is 0 Å². The summed E-state index contributed by atoms with van der Waals surface area (Å²) in [4.78, 5) is 0. The standard InChI is InChI=1S/C32H48O4S2.Zr/c1-31(2,3)23-15-21(29(33)25(17-23)35-7)19-37-27-13-11-9-10-12-14-28(27)38-20-22-16-24(32(4,5)6)18-26(36-8)30(22)34;/h15-18,27-28,33-34H,9-14,19-20H2,1-8H3;/t27-,28?;/m0./s1. The van der Waals surface area contributed by atoms with Crippen LogP contribution in [-0.2, 0) is 41.5 Å². The summed E-state index contributed by atoms with van der Waals surface area (Å²) in [6.45, 7) is 13.4. The Morgan fingerprint density at radius 1 is 0.692 bits per heavy atom. The van der Waals surface area contributed by atoms with Crippen molar-refractivity contribution in [3.05, 3.63) is 46.5 Å². The third-order valence-electron chi connectivity index (χ3n) is 8.19. The number of ether oxygens (including phenoxy) is 2. The Labute approximate surface area is 248 Å². The van der Waals surface area contributed by atoms with E-state index in [1.807, 2.05) is 12.1 Å². The van der Waals surface area contributed by atoms with Gasteiger partial charge in [-0.05, 0) is 0 Å². The van der Waals surface area contributed by atoms with Gasteiger partial charge in [-0.25, -0.2) is 0 Å².